The van der Waals surface area contributed by atoms with Crippen LogP contribution in [0.2, 0.25) is 0 Å². The molecule has 0 bridgehead atoms. The first-order valence-corrected chi connectivity index (χ1v) is 11.1. The molecule has 4 nitrogen and oxygen atoms in total. The molecule has 0 atom stereocenters. The van der Waals surface area contributed by atoms with Gasteiger partial charge in [0.2, 0.25) is 5.91 Å². The quantitative estimate of drug-likeness (QED) is 0.735. The zero-order valence-electron chi connectivity index (χ0n) is 17.3. The number of hydrogen-bond acceptors (Lipinski definition) is 3. The zero-order valence-corrected chi connectivity index (χ0v) is 17.3. The van der Waals surface area contributed by atoms with Crippen LogP contribution >= 0.6 is 0 Å². The minimum absolute atomic E-state index is 0.236. The summed E-state index contributed by atoms with van der Waals surface area (Å²) in [4.78, 5) is 17.0. The molecule has 4 heteroatoms. The minimum Gasteiger partial charge on any atom is -0.490 e. The summed E-state index contributed by atoms with van der Waals surface area (Å²) < 4.78 is 6.13. The summed E-state index contributed by atoms with van der Waals surface area (Å²) in [7, 11) is 0. The van der Waals surface area contributed by atoms with Gasteiger partial charge in [0.1, 0.15) is 5.75 Å². The van der Waals surface area contributed by atoms with E-state index >= 15 is 0 Å². The lowest BCUT2D eigenvalue weighted by atomic mass is 9.98. The molecule has 0 radical (unpaired) electrons. The van der Waals surface area contributed by atoms with Gasteiger partial charge in [0, 0.05) is 32.7 Å². The Morgan fingerprint density at radius 2 is 1.52 bits per heavy atom. The Kier molecular flexibility index (Phi) is 6.83. The van der Waals surface area contributed by atoms with Crippen LogP contribution in [0.5, 0.6) is 5.75 Å². The number of hydrogen-bond donors (Lipinski definition) is 0. The minimum atomic E-state index is 0.236. The maximum absolute atomic E-state index is 12.5. The van der Waals surface area contributed by atoms with Crippen molar-refractivity contribution in [2.75, 3.05) is 26.2 Å². The number of carbonyl (C=O) groups excluding carboxylic acids is 1. The van der Waals surface area contributed by atoms with Crippen LogP contribution in [0.25, 0.3) is 0 Å². The molecule has 1 aliphatic heterocycles. The molecule has 0 spiro atoms. The normalized spacial score (nSPS) is 18.6. The summed E-state index contributed by atoms with van der Waals surface area (Å²) in [5.41, 5.74) is 2.40. The highest BCUT2D eigenvalue weighted by Gasteiger charge is 2.21. The summed E-state index contributed by atoms with van der Waals surface area (Å²) in [5, 5.41) is 0. The second-order valence-corrected chi connectivity index (χ2v) is 8.34. The van der Waals surface area contributed by atoms with Crippen LogP contribution in [0.15, 0.2) is 54.6 Å². The van der Waals surface area contributed by atoms with E-state index in [0.29, 0.717) is 12.5 Å². The Bertz CT molecular complexity index is 761. The van der Waals surface area contributed by atoms with Gasteiger partial charge in [-0.3, -0.25) is 9.69 Å². The molecular weight excluding hydrogens is 360 g/mol. The van der Waals surface area contributed by atoms with Gasteiger partial charge in [-0.2, -0.15) is 0 Å². The first-order chi connectivity index (χ1) is 14.3. The van der Waals surface area contributed by atoms with Crippen LogP contribution in [0, 0.1) is 0 Å². The summed E-state index contributed by atoms with van der Waals surface area (Å²) in [6.45, 7) is 4.43. The lowest BCUT2D eigenvalue weighted by molar-refractivity contribution is -0.132. The highest BCUT2D eigenvalue weighted by molar-refractivity contribution is 5.78. The third-order valence-corrected chi connectivity index (χ3v) is 6.11. The summed E-state index contributed by atoms with van der Waals surface area (Å²) in [6, 6.07) is 18.6. The van der Waals surface area contributed by atoms with Gasteiger partial charge in [0.15, 0.2) is 0 Å². The SMILES string of the molecule is O=C(Cc1ccccc1)N1CCN(Cc2ccc(OC3CCCCC3)cc2)CC1. The monoisotopic (exact) mass is 392 g/mol. The molecule has 1 saturated heterocycles. The molecule has 0 unspecified atom stereocenters. The molecule has 1 heterocycles. The predicted molar refractivity (Wildman–Crippen MR) is 116 cm³/mol. The zero-order chi connectivity index (χ0) is 19.9. The van der Waals surface area contributed by atoms with E-state index < -0.39 is 0 Å². The largest absolute Gasteiger partial charge is 0.490 e. The van der Waals surface area contributed by atoms with Crippen molar-refractivity contribution >= 4 is 5.91 Å². The third-order valence-electron chi connectivity index (χ3n) is 6.11. The van der Waals surface area contributed by atoms with Crippen molar-refractivity contribution in [2.24, 2.45) is 0 Å². The number of ether oxygens (including phenoxy) is 1. The number of amides is 1. The van der Waals surface area contributed by atoms with Crippen molar-refractivity contribution < 1.29 is 9.53 Å². The van der Waals surface area contributed by atoms with Gasteiger partial charge in [-0.1, -0.05) is 48.9 Å². The van der Waals surface area contributed by atoms with E-state index in [4.69, 9.17) is 4.74 Å². The standard InChI is InChI=1S/C25H32N2O2/c28-25(19-21-7-3-1-4-8-21)27-17-15-26(16-18-27)20-22-11-13-24(14-12-22)29-23-9-5-2-6-10-23/h1,3-4,7-8,11-14,23H,2,5-6,9-10,15-20H2. The molecule has 1 aliphatic carbocycles. The lowest BCUT2D eigenvalue weighted by Crippen LogP contribution is -2.48. The number of piperazine rings is 1. The van der Waals surface area contributed by atoms with Crippen molar-refractivity contribution in [2.45, 2.75) is 51.2 Å². The van der Waals surface area contributed by atoms with E-state index in [1.54, 1.807) is 0 Å². The molecule has 2 aromatic carbocycles. The summed E-state index contributed by atoms with van der Waals surface area (Å²) >= 11 is 0. The fourth-order valence-electron chi connectivity index (χ4n) is 4.34. The van der Waals surface area contributed by atoms with Gasteiger partial charge in [-0.15, -0.1) is 0 Å². The van der Waals surface area contributed by atoms with Gasteiger partial charge in [0.25, 0.3) is 0 Å². The number of rotatable bonds is 6. The van der Waals surface area contributed by atoms with Gasteiger partial charge < -0.3 is 9.64 Å². The first kappa shape index (κ1) is 20.0. The molecule has 2 aliphatic rings. The van der Waals surface area contributed by atoms with E-state index in [1.165, 1.54) is 37.7 Å². The molecule has 154 valence electrons. The molecule has 29 heavy (non-hydrogen) atoms. The van der Waals surface area contributed by atoms with Crippen molar-refractivity contribution in [3.05, 3.63) is 65.7 Å². The van der Waals surface area contributed by atoms with Gasteiger partial charge >= 0.3 is 0 Å². The summed E-state index contributed by atoms with van der Waals surface area (Å²) in [6.07, 6.45) is 7.22. The highest BCUT2D eigenvalue weighted by atomic mass is 16.5. The Morgan fingerprint density at radius 3 is 2.21 bits per heavy atom. The maximum Gasteiger partial charge on any atom is 0.227 e. The second kappa shape index (κ2) is 9.93. The maximum atomic E-state index is 12.5. The van der Waals surface area contributed by atoms with Crippen molar-refractivity contribution in [1.82, 2.24) is 9.80 Å². The topological polar surface area (TPSA) is 32.8 Å². The molecule has 1 saturated carbocycles. The third kappa shape index (κ3) is 5.83. The van der Waals surface area contributed by atoms with Crippen molar-refractivity contribution in [1.29, 1.82) is 0 Å². The van der Waals surface area contributed by atoms with Gasteiger partial charge in [0.05, 0.1) is 12.5 Å². The number of nitrogens with zero attached hydrogens (tertiary/aromatic N) is 2. The van der Waals surface area contributed by atoms with E-state index in [9.17, 15) is 4.79 Å². The average Bonchev–Trinajstić information content (AvgIpc) is 2.77. The van der Waals surface area contributed by atoms with Crippen LogP contribution in [0.1, 0.15) is 43.2 Å². The van der Waals surface area contributed by atoms with E-state index in [0.717, 1.165) is 44.0 Å². The Hall–Kier alpha value is -2.33. The van der Waals surface area contributed by atoms with Crippen LogP contribution < -0.4 is 4.74 Å². The van der Waals surface area contributed by atoms with Crippen molar-refractivity contribution in [3.63, 3.8) is 0 Å². The Morgan fingerprint density at radius 1 is 0.828 bits per heavy atom. The smallest absolute Gasteiger partial charge is 0.227 e. The average molecular weight is 393 g/mol. The van der Waals surface area contributed by atoms with E-state index in [1.807, 2.05) is 35.2 Å². The number of benzene rings is 2. The summed E-state index contributed by atoms with van der Waals surface area (Å²) in [5.74, 6) is 1.23. The van der Waals surface area contributed by atoms with Gasteiger partial charge in [-0.05, 0) is 48.9 Å². The van der Waals surface area contributed by atoms with Crippen LogP contribution in [0.4, 0.5) is 0 Å². The first-order valence-electron chi connectivity index (χ1n) is 11.1. The van der Waals surface area contributed by atoms with Gasteiger partial charge in [-0.25, -0.2) is 0 Å². The molecule has 0 N–H and O–H groups in total. The molecule has 4 rings (SSSR count). The Labute approximate surface area is 174 Å². The molecule has 0 aromatic heterocycles. The van der Waals surface area contributed by atoms with Crippen LogP contribution in [0.3, 0.4) is 0 Å². The fourth-order valence-corrected chi connectivity index (χ4v) is 4.34. The predicted octanol–water partition coefficient (Wildman–Crippen LogP) is 4.29. The molecular formula is C25H32N2O2. The molecule has 2 fully saturated rings. The van der Waals surface area contributed by atoms with Crippen molar-refractivity contribution in [3.8, 4) is 5.75 Å². The van der Waals surface area contributed by atoms with E-state index in [2.05, 4.69) is 29.2 Å². The second-order valence-electron chi connectivity index (χ2n) is 8.34. The number of carbonyl (C=O) groups is 1. The molecule has 1 amide bonds. The lowest BCUT2D eigenvalue weighted by Gasteiger charge is -2.35. The Balaban J connectivity index is 1.21. The highest BCUT2D eigenvalue weighted by Crippen LogP contribution is 2.24. The van der Waals surface area contributed by atoms with Crippen LogP contribution in [-0.2, 0) is 17.8 Å². The fraction of sp³-hybridized carbons (Fsp3) is 0.480. The molecule has 2 aromatic rings. The van der Waals surface area contributed by atoms with Crippen LogP contribution in [-0.4, -0.2) is 48.0 Å². The van der Waals surface area contributed by atoms with E-state index in [-0.39, 0.29) is 5.91 Å².